The van der Waals surface area contributed by atoms with Crippen LogP contribution in [0.1, 0.15) is 35.6 Å². The summed E-state index contributed by atoms with van der Waals surface area (Å²) >= 11 is 0. The molecule has 4 aromatic rings. The lowest BCUT2D eigenvalue weighted by molar-refractivity contribution is -0.129. The van der Waals surface area contributed by atoms with E-state index >= 15 is 0 Å². The lowest BCUT2D eigenvalue weighted by Gasteiger charge is -2.30. The van der Waals surface area contributed by atoms with Crippen molar-refractivity contribution in [1.29, 1.82) is 0 Å². The molecular formula is C34H34N2O5. The summed E-state index contributed by atoms with van der Waals surface area (Å²) in [4.78, 5) is 19.1. The van der Waals surface area contributed by atoms with Gasteiger partial charge in [0.1, 0.15) is 11.5 Å². The molecule has 1 aliphatic heterocycles. The number of aliphatic hydroxyl groups is 1. The van der Waals surface area contributed by atoms with Crippen molar-refractivity contribution in [2.24, 2.45) is 4.99 Å². The number of nitrogens with zero attached hydrogens (tertiary/aromatic N) is 1. The largest absolute Gasteiger partial charge is 0.497 e. The first-order valence-electron chi connectivity index (χ1n) is 13.7. The van der Waals surface area contributed by atoms with Crippen LogP contribution in [0.25, 0.3) is 10.8 Å². The van der Waals surface area contributed by atoms with E-state index in [1.165, 1.54) is 0 Å². The molecule has 7 heteroatoms. The molecule has 0 bridgehead atoms. The number of nitrogens with one attached hydrogen (secondary N) is 1. The number of rotatable bonds is 12. The number of carbonyl (C=O) groups is 1. The zero-order chi connectivity index (χ0) is 28.7. The number of aliphatic imine (C=N–C) groups is 1. The SMILES string of the molecule is C=CC[C@@]1(C(=O)NCc2cccc3ccccc23)N=C(c2ccc(OCCCO)cc2)O[C@@H]1c1cccc(OC)c1. The van der Waals surface area contributed by atoms with E-state index in [9.17, 15) is 4.79 Å². The van der Waals surface area contributed by atoms with Gasteiger partial charge in [0.05, 0.1) is 13.7 Å². The monoisotopic (exact) mass is 550 g/mol. The normalized spacial score (nSPS) is 17.9. The molecule has 7 nitrogen and oxygen atoms in total. The van der Waals surface area contributed by atoms with E-state index in [0.29, 0.717) is 37.0 Å². The van der Waals surface area contributed by atoms with Crippen LogP contribution in [0.15, 0.2) is 109 Å². The van der Waals surface area contributed by atoms with Crippen LogP contribution in [-0.2, 0) is 16.1 Å². The highest BCUT2D eigenvalue weighted by molar-refractivity contribution is 6.01. The summed E-state index contributed by atoms with van der Waals surface area (Å²) in [7, 11) is 1.61. The fourth-order valence-corrected chi connectivity index (χ4v) is 5.12. The Morgan fingerprint density at radius 1 is 1.05 bits per heavy atom. The van der Waals surface area contributed by atoms with Gasteiger partial charge in [-0.3, -0.25) is 4.79 Å². The topological polar surface area (TPSA) is 89.4 Å². The molecule has 0 fully saturated rings. The lowest BCUT2D eigenvalue weighted by Crippen LogP contribution is -2.47. The van der Waals surface area contributed by atoms with Crippen LogP contribution in [0.4, 0.5) is 0 Å². The molecule has 0 saturated heterocycles. The van der Waals surface area contributed by atoms with Gasteiger partial charge in [0.25, 0.3) is 5.91 Å². The zero-order valence-electron chi connectivity index (χ0n) is 23.1. The van der Waals surface area contributed by atoms with Crippen molar-refractivity contribution < 1.29 is 24.1 Å². The number of fused-ring (bicyclic) bond motifs is 1. The molecule has 0 aliphatic carbocycles. The van der Waals surface area contributed by atoms with Crippen molar-refractivity contribution in [2.45, 2.75) is 31.0 Å². The molecule has 2 atom stereocenters. The summed E-state index contributed by atoms with van der Waals surface area (Å²) in [5, 5.41) is 14.4. The number of amides is 1. The molecule has 0 saturated carbocycles. The number of carbonyl (C=O) groups excluding carboxylic acids is 1. The predicted molar refractivity (Wildman–Crippen MR) is 160 cm³/mol. The minimum absolute atomic E-state index is 0.0718. The quantitative estimate of drug-likeness (QED) is 0.173. The molecule has 210 valence electrons. The van der Waals surface area contributed by atoms with Crippen LogP contribution in [-0.4, -0.2) is 42.8 Å². The Kier molecular flexibility index (Phi) is 8.65. The molecule has 0 radical (unpaired) electrons. The first-order chi connectivity index (χ1) is 20.1. The fourth-order valence-electron chi connectivity index (χ4n) is 5.12. The highest BCUT2D eigenvalue weighted by Crippen LogP contribution is 2.43. The van der Waals surface area contributed by atoms with Crippen LogP contribution < -0.4 is 14.8 Å². The van der Waals surface area contributed by atoms with Gasteiger partial charge < -0.3 is 24.6 Å². The molecule has 5 rings (SSSR count). The second-order valence-corrected chi connectivity index (χ2v) is 9.88. The molecule has 1 aliphatic rings. The Balaban J connectivity index is 1.49. The van der Waals surface area contributed by atoms with Crippen molar-refractivity contribution in [1.82, 2.24) is 5.32 Å². The van der Waals surface area contributed by atoms with Gasteiger partial charge in [0.2, 0.25) is 5.90 Å². The Morgan fingerprint density at radius 2 is 1.83 bits per heavy atom. The maximum absolute atomic E-state index is 14.2. The third-order valence-corrected chi connectivity index (χ3v) is 7.20. The summed E-state index contributed by atoms with van der Waals surface area (Å²) in [5.41, 5.74) is 1.22. The van der Waals surface area contributed by atoms with Gasteiger partial charge >= 0.3 is 0 Å². The third kappa shape index (κ3) is 5.95. The van der Waals surface area contributed by atoms with E-state index in [-0.39, 0.29) is 18.9 Å². The summed E-state index contributed by atoms with van der Waals surface area (Å²) in [6.45, 7) is 4.79. The average Bonchev–Trinajstić information content (AvgIpc) is 3.41. The lowest BCUT2D eigenvalue weighted by atomic mass is 9.84. The minimum Gasteiger partial charge on any atom is -0.497 e. The van der Waals surface area contributed by atoms with Crippen LogP contribution in [0, 0.1) is 0 Å². The molecule has 2 N–H and O–H groups in total. The second-order valence-electron chi connectivity index (χ2n) is 9.88. The highest BCUT2D eigenvalue weighted by atomic mass is 16.5. The summed E-state index contributed by atoms with van der Waals surface area (Å²) in [6.07, 6.45) is 1.82. The molecule has 4 aromatic carbocycles. The van der Waals surface area contributed by atoms with E-state index in [1.807, 2.05) is 72.8 Å². The minimum atomic E-state index is -1.29. The smallest absolute Gasteiger partial charge is 0.252 e. The molecule has 0 aromatic heterocycles. The maximum atomic E-state index is 14.2. The Morgan fingerprint density at radius 3 is 2.61 bits per heavy atom. The molecule has 0 spiro atoms. The van der Waals surface area contributed by atoms with E-state index in [2.05, 4.69) is 30.1 Å². The molecule has 1 amide bonds. The average molecular weight is 551 g/mol. The first kappa shape index (κ1) is 27.9. The van der Waals surface area contributed by atoms with Crippen LogP contribution in [0.5, 0.6) is 11.5 Å². The summed E-state index contributed by atoms with van der Waals surface area (Å²) in [5.74, 6) is 1.45. The number of hydrogen-bond acceptors (Lipinski definition) is 6. The van der Waals surface area contributed by atoms with Gasteiger partial charge in [-0.25, -0.2) is 4.99 Å². The summed E-state index contributed by atoms with van der Waals surface area (Å²) in [6, 6.07) is 29.1. The molecular weight excluding hydrogens is 516 g/mol. The van der Waals surface area contributed by atoms with Crippen LogP contribution >= 0.6 is 0 Å². The van der Waals surface area contributed by atoms with Crippen molar-refractivity contribution >= 4 is 22.6 Å². The number of methoxy groups -OCH3 is 1. The van der Waals surface area contributed by atoms with Crippen molar-refractivity contribution in [3.63, 3.8) is 0 Å². The first-order valence-corrected chi connectivity index (χ1v) is 13.7. The standard InChI is InChI=1S/C34H34N2O5/c1-3-19-34(33(38)35-23-27-12-6-10-24-9-4-5-14-30(24)27)31(26-11-7-13-29(22-26)39-2)41-32(36-34)25-15-17-28(18-16-25)40-21-8-20-37/h3-7,9-18,22,31,37H,1,8,19-21,23H2,2H3,(H,35,38)/t31-,34-/m1/s1. The van der Waals surface area contributed by atoms with Gasteiger partial charge in [-0.1, -0.05) is 60.7 Å². The number of hydrogen-bond donors (Lipinski definition) is 2. The van der Waals surface area contributed by atoms with Crippen LogP contribution in [0.2, 0.25) is 0 Å². The molecule has 0 unspecified atom stereocenters. The van der Waals surface area contributed by atoms with Crippen molar-refractivity contribution in [3.8, 4) is 11.5 Å². The Hall–Kier alpha value is -4.62. The van der Waals surface area contributed by atoms with E-state index in [1.54, 1.807) is 13.2 Å². The number of ether oxygens (including phenoxy) is 3. The predicted octanol–water partition coefficient (Wildman–Crippen LogP) is 5.76. The number of benzene rings is 4. The van der Waals surface area contributed by atoms with Gasteiger partial charge in [-0.05, 0) is 58.3 Å². The van der Waals surface area contributed by atoms with Crippen molar-refractivity contribution in [3.05, 3.63) is 120 Å². The Bertz CT molecular complexity index is 1540. The number of aliphatic hydroxyl groups excluding tert-OH is 1. The zero-order valence-corrected chi connectivity index (χ0v) is 23.1. The fraction of sp³-hybridized carbons (Fsp3) is 0.235. The molecule has 1 heterocycles. The third-order valence-electron chi connectivity index (χ3n) is 7.20. The van der Waals surface area contributed by atoms with Crippen molar-refractivity contribution in [2.75, 3.05) is 20.3 Å². The van der Waals surface area contributed by atoms with Crippen LogP contribution in [0.3, 0.4) is 0 Å². The van der Waals surface area contributed by atoms with E-state index < -0.39 is 11.6 Å². The molecule has 41 heavy (non-hydrogen) atoms. The highest BCUT2D eigenvalue weighted by Gasteiger charge is 2.52. The maximum Gasteiger partial charge on any atom is 0.252 e. The van der Waals surface area contributed by atoms with Gasteiger partial charge in [-0.2, -0.15) is 0 Å². The Labute approximate surface area is 240 Å². The summed E-state index contributed by atoms with van der Waals surface area (Å²) < 4.78 is 17.6. The van der Waals surface area contributed by atoms with Gasteiger partial charge in [0.15, 0.2) is 11.6 Å². The van der Waals surface area contributed by atoms with E-state index in [4.69, 9.17) is 24.3 Å². The van der Waals surface area contributed by atoms with E-state index in [0.717, 1.165) is 27.5 Å². The van der Waals surface area contributed by atoms with Gasteiger partial charge in [0, 0.05) is 31.6 Å². The van der Waals surface area contributed by atoms with Gasteiger partial charge in [-0.15, -0.1) is 6.58 Å². The second kappa shape index (κ2) is 12.7.